The Morgan fingerprint density at radius 1 is 1.50 bits per heavy atom. The highest BCUT2D eigenvalue weighted by atomic mass is 16.2. The number of nitrogens with one attached hydrogen (secondary N) is 1. The van der Waals surface area contributed by atoms with E-state index in [4.69, 9.17) is 5.73 Å². The molecule has 0 aliphatic rings. The van der Waals surface area contributed by atoms with E-state index in [0.29, 0.717) is 6.29 Å². The van der Waals surface area contributed by atoms with Gasteiger partial charge in [0.05, 0.1) is 0 Å². The summed E-state index contributed by atoms with van der Waals surface area (Å²) in [5.74, 6) is -0.126. The molecule has 3 N–H and O–H groups in total. The molecule has 0 aliphatic carbocycles. The van der Waals surface area contributed by atoms with Crippen molar-refractivity contribution >= 4 is 12.1 Å². The Balaban J connectivity index is 3.74. The highest BCUT2D eigenvalue weighted by molar-refractivity contribution is 5.80. The summed E-state index contributed by atoms with van der Waals surface area (Å²) in [5, 5.41) is 0. The molecule has 0 bridgehead atoms. The zero-order chi connectivity index (χ0) is 9.30. The molecule has 0 aliphatic heterocycles. The second-order valence-corrected chi connectivity index (χ2v) is 2.24. The molecule has 0 unspecified atom stereocenters. The number of aromatic amines is 1. The van der Waals surface area contributed by atoms with Crippen LogP contribution in [0.1, 0.15) is 10.4 Å². The molecule has 1 aromatic heterocycles. The summed E-state index contributed by atoms with van der Waals surface area (Å²) >= 11 is 0. The largest absolute Gasteiger partial charge is 0.384 e. The van der Waals surface area contributed by atoms with Gasteiger partial charge in [0.2, 0.25) is 0 Å². The van der Waals surface area contributed by atoms with Crippen LogP contribution in [0.4, 0.5) is 5.82 Å². The predicted octanol–water partition coefficient (Wildman–Crippen LogP) is -1.53. The van der Waals surface area contributed by atoms with Crippen LogP contribution in [-0.4, -0.2) is 15.8 Å². The molecule has 6 nitrogen and oxygen atoms in total. The Morgan fingerprint density at radius 3 is 2.58 bits per heavy atom. The van der Waals surface area contributed by atoms with Crippen molar-refractivity contribution in [3.63, 3.8) is 0 Å². The van der Waals surface area contributed by atoms with Crippen LogP contribution in [0.25, 0.3) is 0 Å². The first kappa shape index (κ1) is 8.25. The fraction of sp³-hybridized carbons (Fsp3) is 0.167. The number of aldehydes is 1. The summed E-state index contributed by atoms with van der Waals surface area (Å²) in [4.78, 5) is 33.9. The third-order valence-electron chi connectivity index (χ3n) is 1.52. The van der Waals surface area contributed by atoms with E-state index in [2.05, 4.69) is 0 Å². The molecular weight excluding hydrogens is 162 g/mol. The number of H-pyrrole nitrogens is 1. The molecule has 64 valence electrons. The van der Waals surface area contributed by atoms with Gasteiger partial charge in [-0.15, -0.1) is 0 Å². The van der Waals surface area contributed by atoms with E-state index in [0.717, 1.165) is 4.57 Å². The normalized spacial score (nSPS) is 9.75. The maximum Gasteiger partial charge on any atom is 0.329 e. The summed E-state index contributed by atoms with van der Waals surface area (Å²) in [5.41, 5.74) is 3.69. The minimum Gasteiger partial charge on any atom is -0.384 e. The molecule has 12 heavy (non-hydrogen) atoms. The second kappa shape index (κ2) is 2.65. The zero-order valence-corrected chi connectivity index (χ0v) is 6.33. The lowest BCUT2D eigenvalue weighted by Crippen LogP contribution is -2.32. The van der Waals surface area contributed by atoms with Crippen molar-refractivity contribution in [2.45, 2.75) is 0 Å². The maximum absolute atomic E-state index is 10.9. The molecule has 1 rings (SSSR count). The lowest BCUT2D eigenvalue weighted by atomic mass is 10.3. The van der Waals surface area contributed by atoms with E-state index >= 15 is 0 Å². The van der Waals surface area contributed by atoms with Crippen LogP contribution in [-0.2, 0) is 7.05 Å². The fourth-order valence-electron chi connectivity index (χ4n) is 0.769. The molecule has 0 aromatic carbocycles. The van der Waals surface area contributed by atoms with Gasteiger partial charge in [0.1, 0.15) is 11.4 Å². The molecule has 0 fully saturated rings. The Bertz CT molecular complexity index is 429. The van der Waals surface area contributed by atoms with Gasteiger partial charge in [0, 0.05) is 7.05 Å². The summed E-state index contributed by atoms with van der Waals surface area (Å²) in [7, 11) is 1.36. The van der Waals surface area contributed by atoms with Crippen LogP contribution in [0, 0.1) is 0 Å². The van der Waals surface area contributed by atoms with E-state index in [1.165, 1.54) is 7.05 Å². The Kier molecular flexibility index (Phi) is 1.82. The van der Waals surface area contributed by atoms with Gasteiger partial charge in [-0.25, -0.2) is 4.79 Å². The van der Waals surface area contributed by atoms with Gasteiger partial charge in [0.15, 0.2) is 6.29 Å². The molecule has 1 aromatic rings. The second-order valence-electron chi connectivity index (χ2n) is 2.24. The lowest BCUT2D eigenvalue weighted by molar-refractivity contribution is 0.112. The van der Waals surface area contributed by atoms with Crippen molar-refractivity contribution in [1.29, 1.82) is 0 Å². The van der Waals surface area contributed by atoms with Crippen molar-refractivity contribution in [2.75, 3.05) is 5.73 Å². The van der Waals surface area contributed by atoms with E-state index < -0.39 is 11.2 Å². The molecule has 0 saturated carbocycles. The van der Waals surface area contributed by atoms with Gasteiger partial charge in [-0.05, 0) is 0 Å². The van der Waals surface area contributed by atoms with E-state index in [9.17, 15) is 14.4 Å². The van der Waals surface area contributed by atoms with Crippen molar-refractivity contribution in [1.82, 2.24) is 9.55 Å². The Hall–Kier alpha value is -1.85. The summed E-state index contributed by atoms with van der Waals surface area (Å²) < 4.78 is 0.991. The van der Waals surface area contributed by atoms with Crippen molar-refractivity contribution in [3.8, 4) is 0 Å². The monoisotopic (exact) mass is 169 g/mol. The average molecular weight is 169 g/mol. The van der Waals surface area contributed by atoms with Gasteiger partial charge < -0.3 is 5.73 Å². The van der Waals surface area contributed by atoms with Gasteiger partial charge >= 0.3 is 5.69 Å². The van der Waals surface area contributed by atoms with Crippen LogP contribution in [0.15, 0.2) is 9.59 Å². The molecule has 0 radical (unpaired) electrons. The van der Waals surface area contributed by atoms with Crippen molar-refractivity contribution in [2.24, 2.45) is 7.05 Å². The van der Waals surface area contributed by atoms with Gasteiger partial charge in [-0.3, -0.25) is 19.1 Å². The molecule has 0 saturated heterocycles. The minimum absolute atomic E-state index is 0.126. The highest BCUT2D eigenvalue weighted by Gasteiger charge is 2.07. The molecular formula is C6H7N3O3. The number of nitrogens with zero attached hydrogens (tertiary/aromatic N) is 1. The number of carbonyl (C=O) groups excluding carboxylic acids is 1. The van der Waals surface area contributed by atoms with Crippen LogP contribution in [0.5, 0.6) is 0 Å². The number of carbonyl (C=O) groups is 1. The van der Waals surface area contributed by atoms with Crippen LogP contribution >= 0.6 is 0 Å². The summed E-state index contributed by atoms with van der Waals surface area (Å²) in [6.45, 7) is 0. The predicted molar refractivity (Wildman–Crippen MR) is 42.1 cm³/mol. The molecule has 6 heteroatoms. The topological polar surface area (TPSA) is 97.9 Å². The number of anilines is 1. The third-order valence-corrected chi connectivity index (χ3v) is 1.52. The minimum atomic E-state index is -0.759. The fourth-order valence-corrected chi connectivity index (χ4v) is 0.769. The van der Waals surface area contributed by atoms with Gasteiger partial charge in [-0.2, -0.15) is 0 Å². The third kappa shape index (κ3) is 1.03. The molecule has 1 heterocycles. The SMILES string of the molecule is Cn1c(N)c(C=O)c(=O)[nH]c1=O. The van der Waals surface area contributed by atoms with Gasteiger partial charge in [-0.1, -0.05) is 0 Å². The van der Waals surface area contributed by atoms with Crippen molar-refractivity contribution in [3.05, 3.63) is 26.4 Å². The lowest BCUT2D eigenvalue weighted by Gasteiger charge is -2.02. The number of nitrogen functional groups attached to an aromatic ring is 1. The van der Waals surface area contributed by atoms with Crippen LogP contribution in [0.3, 0.4) is 0 Å². The zero-order valence-electron chi connectivity index (χ0n) is 6.33. The number of hydrogen-bond acceptors (Lipinski definition) is 4. The summed E-state index contributed by atoms with van der Waals surface area (Å²) in [6, 6.07) is 0. The Morgan fingerprint density at radius 2 is 2.08 bits per heavy atom. The molecule has 0 spiro atoms. The molecule has 0 atom stereocenters. The van der Waals surface area contributed by atoms with Crippen LogP contribution in [0.2, 0.25) is 0 Å². The van der Waals surface area contributed by atoms with Crippen molar-refractivity contribution < 1.29 is 4.79 Å². The Labute approximate surface area is 66.6 Å². The van der Waals surface area contributed by atoms with E-state index in [1.54, 1.807) is 0 Å². The van der Waals surface area contributed by atoms with E-state index in [-0.39, 0.29) is 11.4 Å². The first-order chi connectivity index (χ1) is 5.57. The quantitative estimate of drug-likeness (QED) is 0.498. The first-order valence-electron chi connectivity index (χ1n) is 3.12. The van der Waals surface area contributed by atoms with E-state index in [1.807, 2.05) is 4.98 Å². The highest BCUT2D eigenvalue weighted by Crippen LogP contribution is 1.96. The number of aromatic nitrogens is 2. The summed E-state index contributed by atoms with van der Waals surface area (Å²) in [6.07, 6.45) is 0.313. The number of hydrogen-bond donors (Lipinski definition) is 2. The van der Waals surface area contributed by atoms with Gasteiger partial charge in [0.25, 0.3) is 5.56 Å². The number of rotatable bonds is 1. The maximum atomic E-state index is 10.9. The van der Waals surface area contributed by atoms with Crippen LogP contribution < -0.4 is 17.0 Å². The smallest absolute Gasteiger partial charge is 0.329 e. The number of nitrogens with two attached hydrogens (primary N) is 1. The average Bonchev–Trinajstić information content (AvgIpc) is 2.01. The standard InChI is InChI=1S/C6H7N3O3/c1-9-4(7)3(2-10)5(11)8-6(9)12/h2H,7H2,1H3,(H,8,11,12). The first-order valence-corrected chi connectivity index (χ1v) is 3.12. The molecule has 0 amide bonds.